The SMILES string of the molecule is COC(=O)c1c(N2CC3CCCC3C2)sc(C#N)c1N. The van der Waals surface area contributed by atoms with Crippen LogP contribution in [0.15, 0.2) is 0 Å². The number of fused-ring (bicyclic) bond motifs is 1. The first-order valence-electron chi connectivity index (χ1n) is 6.81. The van der Waals surface area contributed by atoms with Crippen LogP contribution in [0.2, 0.25) is 0 Å². The molecule has 1 saturated heterocycles. The number of esters is 1. The predicted molar refractivity (Wildman–Crippen MR) is 77.8 cm³/mol. The van der Waals surface area contributed by atoms with E-state index in [2.05, 4.69) is 11.0 Å². The molecule has 2 aliphatic rings. The first-order valence-corrected chi connectivity index (χ1v) is 7.63. The lowest BCUT2D eigenvalue weighted by Crippen LogP contribution is -2.22. The van der Waals surface area contributed by atoms with Gasteiger partial charge in [0.15, 0.2) is 0 Å². The molecule has 2 N–H and O–H groups in total. The standard InChI is InChI=1S/C14H17N3O2S/c1-19-14(18)11-12(16)10(5-15)20-13(11)17-6-8-3-2-4-9(8)7-17/h8-9H,2-4,6-7,16H2,1H3. The van der Waals surface area contributed by atoms with Gasteiger partial charge in [-0.1, -0.05) is 6.42 Å². The molecule has 3 rings (SSSR count). The second kappa shape index (κ2) is 4.98. The quantitative estimate of drug-likeness (QED) is 0.845. The number of carbonyl (C=O) groups excluding carboxylic acids is 1. The van der Waals surface area contributed by atoms with Crippen molar-refractivity contribution in [2.24, 2.45) is 11.8 Å². The number of hydrogen-bond acceptors (Lipinski definition) is 6. The highest BCUT2D eigenvalue weighted by Crippen LogP contribution is 2.45. The highest BCUT2D eigenvalue weighted by atomic mass is 32.1. The summed E-state index contributed by atoms with van der Waals surface area (Å²) in [6.45, 7) is 1.92. The number of hydrogen-bond donors (Lipinski definition) is 1. The topological polar surface area (TPSA) is 79.3 Å². The summed E-state index contributed by atoms with van der Waals surface area (Å²) in [5, 5.41) is 9.93. The van der Waals surface area contributed by atoms with Crippen LogP contribution < -0.4 is 10.6 Å². The highest BCUT2D eigenvalue weighted by Gasteiger charge is 2.38. The Bertz CT molecular complexity index is 578. The number of carbonyl (C=O) groups is 1. The van der Waals surface area contributed by atoms with E-state index in [1.165, 1.54) is 37.7 Å². The van der Waals surface area contributed by atoms with Gasteiger partial charge in [0.05, 0.1) is 12.8 Å². The molecular formula is C14H17N3O2S. The monoisotopic (exact) mass is 291 g/mol. The van der Waals surface area contributed by atoms with E-state index in [1.807, 2.05) is 0 Å². The van der Waals surface area contributed by atoms with Crippen LogP contribution >= 0.6 is 11.3 Å². The summed E-state index contributed by atoms with van der Waals surface area (Å²) in [6, 6.07) is 2.07. The zero-order valence-corrected chi connectivity index (χ0v) is 12.2. The zero-order chi connectivity index (χ0) is 14.3. The number of ether oxygens (including phenoxy) is 1. The number of rotatable bonds is 2. The molecule has 0 spiro atoms. The van der Waals surface area contributed by atoms with Gasteiger partial charge in [-0.05, 0) is 24.7 Å². The minimum Gasteiger partial charge on any atom is -0.465 e. The first-order chi connectivity index (χ1) is 9.65. The molecule has 20 heavy (non-hydrogen) atoms. The molecule has 1 aromatic rings. The van der Waals surface area contributed by atoms with Crippen LogP contribution in [0.1, 0.15) is 34.5 Å². The first kappa shape index (κ1) is 13.3. The van der Waals surface area contributed by atoms with Gasteiger partial charge in [0.25, 0.3) is 0 Å². The summed E-state index contributed by atoms with van der Waals surface area (Å²) >= 11 is 1.30. The predicted octanol–water partition coefficient (Wildman–Crippen LogP) is 2.22. The Balaban J connectivity index is 1.97. The Morgan fingerprint density at radius 3 is 2.65 bits per heavy atom. The van der Waals surface area contributed by atoms with Crippen molar-refractivity contribution < 1.29 is 9.53 Å². The van der Waals surface area contributed by atoms with E-state index in [0.29, 0.717) is 22.3 Å². The molecule has 1 saturated carbocycles. The Kier molecular flexibility index (Phi) is 3.30. The van der Waals surface area contributed by atoms with Gasteiger partial charge < -0.3 is 15.4 Å². The number of nitrogens with zero attached hydrogens (tertiary/aromatic N) is 2. The molecule has 0 bridgehead atoms. The Morgan fingerprint density at radius 1 is 1.45 bits per heavy atom. The number of nitriles is 1. The van der Waals surface area contributed by atoms with Crippen LogP contribution in [0.4, 0.5) is 10.7 Å². The van der Waals surface area contributed by atoms with Gasteiger partial charge in [-0.2, -0.15) is 5.26 Å². The van der Waals surface area contributed by atoms with Crippen LogP contribution in [-0.4, -0.2) is 26.2 Å². The molecule has 1 aliphatic heterocycles. The van der Waals surface area contributed by atoms with E-state index >= 15 is 0 Å². The molecule has 5 nitrogen and oxygen atoms in total. The largest absolute Gasteiger partial charge is 0.465 e. The van der Waals surface area contributed by atoms with Gasteiger partial charge in [0.2, 0.25) is 0 Å². The molecule has 0 aromatic carbocycles. The number of methoxy groups -OCH3 is 1. The fourth-order valence-electron chi connectivity index (χ4n) is 3.44. The molecule has 0 radical (unpaired) electrons. The van der Waals surface area contributed by atoms with Crippen LogP contribution in [0, 0.1) is 23.2 Å². The second-order valence-electron chi connectivity index (χ2n) is 5.48. The van der Waals surface area contributed by atoms with Gasteiger partial charge >= 0.3 is 5.97 Å². The van der Waals surface area contributed by atoms with Gasteiger partial charge in [0.1, 0.15) is 21.5 Å². The minimum absolute atomic E-state index is 0.261. The average Bonchev–Trinajstić information content (AvgIpc) is 3.09. The smallest absolute Gasteiger partial charge is 0.343 e. The normalized spacial score (nSPS) is 24.5. The molecule has 1 aliphatic carbocycles. The van der Waals surface area contributed by atoms with Crippen molar-refractivity contribution in [3.63, 3.8) is 0 Å². The van der Waals surface area contributed by atoms with E-state index in [-0.39, 0.29) is 5.69 Å². The Labute approximate surface area is 121 Å². The van der Waals surface area contributed by atoms with Gasteiger partial charge in [-0.25, -0.2) is 4.79 Å². The zero-order valence-electron chi connectivity index (χ0n) is 11.4. The van der Waals surface area contributed by atoms with Crippen LogP contribution in [0.3, 0.4) is 0 Å². The maximum Gasteiger partial charge on any atom is 0.343 e. The van der Waals surface area contributed by atoms with Crippen molar-refractivity contribution in [1.82, 2.24) is 0 Å². The van der Waals surface area contributed by atoms with E-state index in [0.717, 1.165) is 18.1 Å². The molecule has 0 amide bonds. The molecule has 2 unspecified atom stereocenters. The summed E-state index contributed by atoms with van der Waals surface area (Å²) in [7, 11) is 1.34. The van der Waals surface area contributed by atoms with Crippen LogP contribution in [-0.2, 0) is 4.74 Å². The lowest BCUT2D eigenvalue weighted by Gasteiger charge is -2.18. The van der Waals surface area contributed by atoms with Gasteiger partial charge in [-0.15, -0.1) is 11.3 Å². The minimum atomic E-state index is -0.452. The van der Waals surface area contributed by atoms with Crippen LogP contribution in [0.25, 0.3) is 0 Å². The van der Waals surface area contributed by atoms with E-state index < -0.39 is 5.97 Å². The maximum atomic E-state index is 12.0. The van der Waals surface area contributed by atoms with E-state index in [4.69, 9.17) is 15.7 Å². The summed E-state index contributed by atoms with van der Waals surface area (Å²) in [6.07, 6.45) is 3.84. The third-order valence-corrected chi connectivity index (χ3v) is 5.60. The van der Waals surface area contributed by atoms with Crippen LogP contribution in [0.5, 0.6) is 0 Å². The molecule has 106 valence electrons. The molecule has 2 fully saturated rings. The van der Waals surface area contributed by atoms with E-state index in [1.54, 1.807) is 0 Å². The van der Waals surface area contributed by atoms with Crippen molar-refractivity contribution >= 4 is 28.0 Å². The molecule has 6 heteroatoms. The fraction of sp³-hybridized carbons (Fsp3) is 0.571. The molecule has 1 aromatic heterocycles. The summed E-state index contributed by atoms with van der Waals surface area (Å²) in [4.78, 5) is 14.6. The van der Waals surface area contributed by atoms with Crippen molar-refractivity contribution in [3.05, 3.63) is 10.4 Å². The Morgan fingerprint density at radius 2 is 2.10 bits per heavy atom. The van der Waals surface area contributed by atoms with E-state index in [9.17, 15) is 4.79 Å². The summed E-state index contributed by atoms with van der Waals surface area (Å²) in [5.41, 5.74) is 6.56. The number of anilines is 2. The highest BCUT2D eigenvalue weighted by molar-refractivity contribution is 7.17. The number of nitrogen functional groups attached to an aromatic ring is 1. The third kappa shape index (κ3) is 1.93. The number of nitrogens with two attached hydrogens (primary N) is 1. The average molecular weight is 291 g/mol. The summed E-state index contributed by atoms with van der Waals surface area (Å²) in [5.74, 6) is 0.982. The molecule has 2 heterocycles. The second-order valence-corrected chi connectivity index (χ2v) is 6.48. The lowest BCUT2D eigenvalue weighted by molar-refractivity contribution is 0.0603. The maximum absolute atomic E-state index is 12.0. The van der Waals surface area contributed by atoms with Gasteiger partial charge in [-0.3, -0.25) is 0 Å². The summed E-state index contributed by atoms with van der Waals surface area (Å²) < 4.78 is 4.82. The van der Waals surface area contributed by atoms with Crippen molar-refractivity contribution in [2.75, 3.05) is 30.8 Å². The van der Waals surface area contributed by atoms with Crippen molar-refractivity contribution in [3.8, 4) is 6.07 Å². The Hall–Kier alpha value is -1.74. The third-order valence-electron chi connectivity index (χ3n) is 4.43. The fourth-order valence-corrected chi connectivity index (χ4v) is 4.46. The van der Waals surface area contributed by atoms with Gasteiger partial charge in [0, 0.05) is 13.1 Å². The molecule has 2 atom stereocenters. The van der Waals surface area contributed by atoms with Crippen molar-refractivity contribution in [1.29, 1.82) is 5.26 Å². The van der Waals surface area contributed by atoms with Crippen molar-refractivity contribution in [2.45, 2.75) is 19.3 Å². The lowest BCUT2D eigenvalue weighted by atomic mass is 10.0. The molecular weight excluding hydrogens is 274 g/mol. The number of thiophene rings is 1.